The zero-order valence-electron chi connectivity index (χ0n) is 14.7. The van der Waals surface area contributed by atoms with Gasteiger partial charge in [-0.1, -0.05) is 0 Å². The normalized spacial score (nSPS) is 15.8. The van der Waals surface area contributed by atoms with Gasteiger partial charge in [-0.15, -0.1) is 10.2 Å². The summed E-state index contributed by atoms with van der Waals surface area (Å²) in [5.41, 5.74) is -0.394. The molecule has 1 unspecified atom stereocenters. The molecule has 156 valence electrons. The summed E-state index contributed by atoms with van der Waals surface area (Å²) in [5.74, 6) is -6.88. The van der Waals surface area contributed by atoms with Gasteiger partial charge in [0.05, 0.1) is 12.5 Å². The Balaban J connectivity index is 1.68. The summed E-state index contributed by atoms with van der Waals surface area (Å²) in [6, 6.07) is 0.857. The second kappa shape index (κ2) is 7.93. The Kier molecular flexibility index (Phi) is 5.73. The molecule has 2 aromatic rings. The number of ketones is 1. The number of aldehydes is 1. The fraction of sp³-hybridized carbons (Fsp3) is 0.412. The Hall–Kier alpha value is -2.76. The molecular formula is C17H14F6N4O2. The number of alkyl halides is 3. The molecule has 0 fully saturated rings. The number of benzene rings is 1. The molecule has 29 heavy (non-hydrogen) atoms. The molecule has 0 radical (unpaired) electrons. The number of hydrogen-bond acceptors (Lipinski definition) is 5. The van der Waals surface area contributed by atoms with Crippen molar-refractivity contribution in [2.24, 2.45) is 5.92 Å². The summed E-state index contributed by atoms with van der Waals surface area (Å²) in [4.78, 5) is 25.2. The van der Waals surface area contributed by atoms with E-state index in [1.807, 2.05) is 0 Å². The summed E-state index contributed by atoms with van der Waals surface area (Å²) in [6.07, 6.45) is -4.95. The largest absolute Gasteiger partial charge is 0.451 e. The van der Waals surface area contributed by atoms with Crippen LogP contribution in [0.5, 0.6) is 0 Å². The number of carbonyl (C=O) groups excluding carboxylic acids is 2. The van der Waals surface area contributed by atoms with Crippen LogP contribution in [-0.2, 0) is 35.3 Å². The minimum atomic E-state index is -4.65. The minimum absolute atomic E-state index is 0.0346. The fourth-order valence-corrected chi connectivity index (χ4v) is 3.09. The van der Waals surface area contributed by atoms with Gasteiger partial charge in [0.2, 0.25) is 5.82 Å². The molecule has 0 spiro atoms. The van der Waals surface area contributed by atoms with Crippen LogP contribution >= 0.6 is 0 Å². The van der Waals surface area contributed by atoms with Crippen LogP contribution in [0.2, 0.25) is 0 Å². The maximum Gasteiger partial charge on any atom is 0.451 e. The molecule has 0 aliphatic carbocycles. The van der Waals surface area contributed by atoms with Gasteiger partial charge in [-0.3, -0.25) is 9.69 Å². The third kappa shape index (κ3) is 4.47. The number of halogens is 6. The predicted octanol–water partition coefficient (Wildman–Crippen LogP) is 2.16. The highest BCUT2D eigenvalue weighted by Gasteiger charge is 2.39. The fourth-order valence-electron chi connectivity index (χ4n) is 3.09. The average molecular weight is 420 g/mol. The molecule has 6 nitrogen and oxygen atoms in total. The Labute approximate surface area is 160 Å². The second-order valence-corrected chi connectivity index (χ2v) is 6.57. The highest BCUT2D eigenvalue weighted by Crippen LogP contribution is 2.29. The van der Waals surface area contributed by atoms with E-state index in [1.165, 1.54) is 0 Å². The summed E-state index contributed by atoms with van der Waals surface area (Å²) in [7, 11) is 0. The van der Waals surface area contributed by atoms with E-state index >= 15 is 0 Å². The lowest BCUT2D eigenvalue weighted by Crippen LogP contribution is -2.40. The van der Waals surface area contributed by atoms with Crippen LogP contribution in [0.4, 0.5) is 26.3 Å². The van der Waals surface area contributed by atoms with Crippen LogP contribution in [0.25, 0.3) is 0 Å². The molecule has 1 aromatic carbocycles. The number of fused-ring (bicyclic) bond motifs is 1. The summed E-state index contributed by atoms with van der Waals surface area (Å²) >= 11 is 0. The SMILES string of the molecule is O=CC(CN1CCn2c(nnc2C(F)(F)F)C1)C(=O)Cc1cc(F)c(F)cc1F. The number of nitrogens with zero attached hydrogens (tertiary/aromatic N) is 4. The number of Topliss-reactive ketones (excluding diaryl/α,β-unsaturated/α-hetero) is 1. The van der Waals surface area contributed by atoms with Crippen LogP contribution < -0.4 is 0 Å². The summed E-state index contributed by atoms with van der Waals surface area (Å²) in [6.45, 7) is -0.192. The number of hydrogen-bond donors (Lipinski definition) is 0. The predicted molar refractivity (Wildman–Crippen MR) is 84.9 cm³/mol. The molecule has 2 heterocycles. The van der Waals surface area contributed by atoms with E-state index in [-0.39, 0.29) is 32.0 Å². The number of aromatic nitrogens is 3. The summed E-state index contributed by atoms with van der Waals surface area (Å²) < 4.78 is 79.5. The van der Waals surface area contributed by atoms with Gasteiger partial charge >= 0.3 is 6.18 Å². The molecule has 1 aliphatic heterocycles. The molecule has 1 aromatic heterocycles. The van der Waals surface area contributed by atoms with Gasteiger partial charge in [0.25, 0.3) is 0 Å². The van der Waals surface area contributed by atoms with Gasteiger partial charge in [0.1, 0.15) is 23.7 Å². The van der Waals surface area contributed by atoms with Crippen molar-refractivity contribution >= 4 is 12.1 Å². The molecule has 0 N–H and O–H groups in total. The van der Waals surface area contributed by atoms with Crippen molar-refractivity contribution in [1.82, 2.24) is 19.7 Å². The van der Waals surface area contributed by atoms with E-state index in [2.05, 4.69) is 10.2 Å². The van der Waals surface area contributed by atoms with Crippen molar-refractivity contribution in [2.45, 2.75) is 25.7 Å². The Morgan fingerprint density at radius 2 is 1.79 bits per heavy atom. The molecular weight excluding hydrogens is 406 g/mol. The average Bonchev–Trinajstić information content (AvgIpc) is 3.07. The topological polar surface area (TPSA) is 68.1 Å². The van der Waals surface area contributed by atoms with Crippen molar-refractivity contribution in [3.8, 4) is 0 Å². The van der Waals surface area contributed by atoms with E-state index in [0.717, 1.165) is 4.57 Å². The van der Waals surface area contributed by atoms with Gasteiger partial charge in [-0.05, 0) is 11.6 Å². The van der Waals surface area contributed by atoms with Crippen LogP contribution in [-0.4, -0.2) is 44.8 Å². The molecule has 0 bridgehead atoms. The summed E-state index contributed by atoms with van der Waals surface area (Å²) in [5, 5.41) is 6.64. The molecule has 0 saturated heterocycles. The first-order chi connectivity index (χ1) is 13.6. The molecule has 1 atom stereocenters. The molecule has 3 rings (SSSR count). The smallest absolute Gasteiger partial charge is 0.305 e. The van der Waals surface area contributed by atoms with E-state index < -0.39 is 53.1 Å². The third-order valence-corrected chi connectivity index (χ3v) is 4.57. The maximum atomic E-state index is 13.7. The van der Waals surface area contributed by atoms with Gasteiger partial charge in [-0.2, -0.15) is 13.2 Å². The molecule has 12 heteroatoms. The van der Waals surface area contributed by atoms with E-state index in [4.69, 9.17) is 0 Å². The van der Waals surface area contributed by atoms with Gasteiger partial charge in [-0.25, -0.2) is 13.2 Å². The van der Waals surface area contributed by atoms with E-state index in [1.54, 1.807) is 4.90 Å². The maximum absolute atomic E-state index is 13.7. The first kappa shape index (κ1) is 21.0. The highest BCUT2D eigenvalue weighted by atomic mass is 19.4. The van der Waals surface area contributed by atoms with E-state index in [9.17, 15) is 35.9 Å². The van der Waals surface area contributed by atoms with Gasteiger partial charge in [0.15, 0.2) is 11.6 Å². The van der Waals surface area contributed by atoms with Crippen molar-refractivity contribution in [2.75, 3.05) is 13.1 Å². The Bertz CT molecular complexity index is 943. The minimum Gasteiger partial charge on any atom is -0.305 e. The Morgan fingerprint density at radius 1 is 1.10 bits per heavy atom. The van der Waals surface area contributed by atoms with Gasteiger partial charge < -0.3 is 9.36 Å². The van der Waals surface area contributed by atoms with Crippen LogP contribution in [0.1, 0.15) is 17.2 Å². The standard InChI is InChI=1S/C17H14F6N4O2/c18-11-5-13(20)12(19)3-9(11)4-14(29)10(8-28)6-26-1-2-27-15(7-26)24-25-16(27)17(21,22)23/h3,5,8,10H,1-2,4,6-7H2. The van der Waals surface area contributed by atoms with Crippen LogP contribution in [0, 0.1) is 23.4 Å². The van der Waals surface area contributed by atoms with Crippen molar-refractivity contribution < 1.29 is 35.9 Å². The van der Waals surface area contributed by atoms with Gasteiger partial charge in [0, 0.05) is 32.1 Å². The number of rotatable bonds is 6. The first-order valence-electron chi connectivity index (χ1n) is 8.43. The molecule has 1 aliphatic rings. The zero-order chi connectivity index (χ0) is 21.3. The van der Waals surface area contributed by atoms with Crippen molar-refractivity contribution in [3.05, 3.63) is 46.8 Å². The Morgan fingerprint density at radius 3 is 2.45 bits per heavy atom. The first-order valence-corrected chi connectivity index (χ1v) is 8.43. The molecule has 0 saturated carbocycles. The zero-order valence-corrected chi connectivity index (χ0v) is 14.7. The quantitative estimate of drug-likeness (QED) is 0.310. The highest BCUT2D eigenvalue weighted by molar-refractivity contribution is 5.94. The lowest BCUT2D eigenvalue weighted by Gasteiger charge is -2.29. The molecule has 0 amide bonds. The lowest BCUT2D eigenvalue weighted by atomic mass is 9.97. The van der Waals surface area contributed by atoms with Crippen LogP contribution in [0.15, 0.2) is 12.1 Å². The van der Waals surface area contributed by atoms with Crippen LogP contribution in [0.3, 0.4) is 0 Å². The van der Waals surface area contributed by atoms with Crippen molar-refractivity contribution in [1.29, 1.82) is 0 Å². The van der Waals surface area contributed by atoms with E-state index in [0.29, 0.717) is 18.4 Å². The third-order valence-electron chi connectivity index (χ3n) is 4.57. The number of carbonyl (C=O) groups is 2. The monoisotopic (exact) mass is 420 g/mol. The van der Waals surface area contributed by atoms with Crippen molar-refractivity contribution in [3.63, 3.8) is 0 Å². The second-order valence-electron chi connectivity index (χ2n) is 6.57. The lowest BCUT2D eigenvalue weighted by molar-refractivity contribution is -0.148.